The van der Waals surface area contributed by atoms with Crippen LogP contribution in [0, 0.1) is 0 Å². The lowest BCUT2D eigenvalue weighted by Crippen LogP contribution is -2.40. The first-order valence-corrected chi connectivity index (χ1v) is 7.52. The van der Waals surface area contributed by atoms with E-state index in [1.807, 2.05) is 13.1 Å². The molecule has 0 aromatic carbocycles. The number of aliphatic imine (C=N–C) groups is 1. The highest BCUT2D eigenvalue weighted by molar-refractivity contribution is 7.16. The Kier molecular flexibility index (Phi) is 7.13. The molecule has 3 nitrogen and oxygen atoms in total. The molecular weight excluding hydrogens is 266 g/mol. The quantitative estimate of drug-likeness (QED) is 0.642. The van der Waals surface area contributed by atoms with Crippen molar-refractivity contribution in [2.24, 2.45) is 4.99 Å². The molecule has 1 rings (SSSR count). The summed E-state index contributed by atoms with van der Waals surface area (Å²) in [5.74, 6) is 0.964. The first-order valence-electron chi connectivity index (χ1n) is 6.33. The van der Waals surface area contributed by atoms with E-state index in [2.05, 4.69) is 35.2 Å². The predicted molar refractivity (Wildman–Crippen MR) is 81.9 cm³/mol. The maximum atomic E-state index is 5.90. The first kappa shape index (κ1) is 15.3. The fourth-order valence-electron chi connectivity index (χ4n) is 1.67. The van der Waals surface area contributed by atoms with Crippen molar-refractivity contribution in [3.05, 3.63) is 21.3 Å². The Hall–Kier alpha value is -0.740. The van der Waals surface area contributed by atoms with Crippen molar-refractivity contribution in [2.75, 3.05) is 27.2 Å². The Balaban J connectivity index is 2.31. The van der Waals surface area contributed by atoms with Crippen molar-refractivity contribution in [1.82, 2.24) is 10.2 Å². The van der Waals surface area contributed by atoms with Crippen LogP contribution in [0.15, 0.2) is 17.1 Å². The number of hydrogen-bond acceptors (Lipinski definition) is 2. The van der Waals surface area contributed by atoms with Gasteiger partial charge in [0.1, 0.15) is 0 Å². The number of guanidine groups is 1. The van der Waals surface area contributed by atoms with Crippen LogP contribution in [0.1, 0.15) is 24.6 Å². The van der Waals surface area contributed by atoms with E-state index in [9.17, 15) is 0 Å². The van der Waals surface area contributed by atoms with Crippen LogP contribution in [0.25, 0.3) is 0 Å². The summed E-state index contributed by atoms with van der Waals surface area (Å²) in [4.78, 5) is 7.76. The molecule has 0 atom stereocenters. The van der Waals surface area contributed by atoms with Crippen LogP contribution in [0.2, 0.25) is 4.34 Å². The summed E-state index contributed by atoms with van der Waals surface area (Å²) in [7, 11) is 3.90. The summed E-state index contributed by atoms with van der Waals surface area (Å²) in [6.07, 6.45) is 3.38. The maximum Gasteiger partial charge on any atom is 0.193 e. The minimum Gasteiger partial charge on any atom is -0.356 e. The van der Waals surface area contributed by atoms with Gasteiger partial charge in [0.05, 0.1) is 4.34 Å². The summed E-state index contributed by atoms with van der Waals surface area (Å²) in [5, 5.41) is 3.38. The van der Waals surface area contributed by atoms with Gasteiger partial charge in [-0.1, -0.05) is 24.9 Å². The molecular formula is C13H22ClN3S. The smallest absolute Gasteiger partial charge is 0.193 e. The van der Waals surface area contributed by atoms with Crippen LogP contribution in [0.3, 0.4) is 0 Å². The van der Waals surface area contributed by atoms with E-state index in [0.29, 0.717) is 0 Å². The number of hydrogen-bond donors (Lipinski definition) is 1. The third-order valence-electron chi connectivity index (χ3n) is 2.70. The van der Waals surface area contributed by atoms with Gasteiger partial charge in [-0.25, -0.2) is 0 Å². The Morgan fingerprint density at radius 1 is 1.50 bits per heavy atom. The van der Waals surface area contributed by atoms with Gasteiger partial charge in [0.2, 0.25) is 0 Å². The zero-order chi connectivity index (χ0) is 13.4. The summed E-state index contributed by atoms with van der Waals surface area (Å²) < 4.78 is 0.856. The topological polar surface area (TPSA) is 27.6 Å². The highest BCUT2D eigenvalue weighted by Gasteiger charge is 2.04. The second-order valence-corrected chi connectivity index (χ2v) is 6.00. The molecule has 0 aliphatic heterocycles. The third kappa shape index (κ3) is 5.27. The molecule has 1 N–H and O–H groups in total. The average molecular weight is 288 g/mol. The molecule has 0 bridgehead atoms. The molecule has 0 aliphatic rings. The zero-order valence-corrected chi connectivity index (χ0v) is 12.9. The van der Waals surface area contributed by atoms with Gasteiger partial charge in [-0.15, -0.1) is 11.3 Å². The van der Waals surface area contributed by atoms with Crippen LogP contribution in [-0.2, 0) is 6.42 Å². The molecule has 18 heavy (non-hydrogen) atoms. The Morgan fingerprint density at radius 2 is 2.28 bits per heavy atom. The number of unbranched alkanes of at least 4 members (excludes halogenated alkanes) is 1. The first-order chi connectivity index (χ1) is 8.67. The number of thiophene rings is 1. The van der Waals surface area contributed by atoms with Crippen LogP contribution in [0.4, 0.5) is 0 Å². The van der Waals surface area contributed by atoms with Crippen LogP contribution in [-0.4, -0.2) is 38.0 Å². The normalized spacial score (nSPS) is 11.7. The SMILES string of the molecule is CCCCN(C)C(=NC)NCCc1ccc(Cl)s1. The van der Waals surface area contributed by atoms with Crippen LogP contribution < -0.4 is 5.32 Å². The minimum absolute atomic E-state index is 0.856. The van der Waals surface area contributed by atoms with E-state index in [0.717, 1.165) is 29.8 Å². The molecule has 1 aromatic heterocycles. The van der Waals surface area contributed by atoms with Crippen LogP contribution in [0.5, 0.6) is 0 Å². The van der Waals surface area contributed by atoms with E-state index in [-0.39, 0.29) is 0 Å². The molecule has 0 unspecified atom stereocenters. The molecule has 1 heterocycles. The fourth-order valence-corrected chi connectivity index (χ4v) is 2.76. The monoisotopic (exact) mass is 287 g/mol. The summed E-state index contributed by atoms with van der Waals surface area (Å²) in [6.45, 7) is 4.13. The van der Waals surface area contributed by atoms with Crippen molar-refractivity contribution in [2.45, 2.75) is 26.2 Å². The Bertz CT molecular complexity index is 376. The third-order valence-corrected chi connectivity index (χ3v) is 3.99. The maximum absolute atomic E-state index is 5.90. The van der Waals surface area contributed by atoms with E-state index < -0.39 is 0 Å². The largest absolute Gasteiger partial charge is 0.356 e. The molecule has 0 saturated heterocycles. The molecule has 0 spiro atoms. The average Bonchev–Trinajstić information content (AvgIpc) is 2.77. The summed E-state index contributed by atoms with van der Waals surface area (Å²) >= 11 is 7.54. The van der Waals surface area contributed by atoms with Gasteiger partial charge in [-0.05, 0) is 25.0 Å². The van der Waals surface area contributed by atoms with E-state index in [4.69, 9.17) is 11.6 Å². The predicted octanol–water partition coefficient (Wildman–Crippen LogP) is 3.25. The summed E-state index contributed by atoms with van der Waals surface area (Å²) in [6, 6.07) is 4.03. The lowest BCUT2D eigenvalue weighted by molar-refractivity contribution is 0.465. The second-order valence-electron chi connectivity index (χ2n) is 4.20. The molecule has 0 aliphatic carbocycles. The van der Waals surface area contributed by atoms with Crippen molar-refractivity contribution in [1.29, 1.82) is 0 Å². The van der Waals surface area contributed by atoms with Crippen molar-refractivity contribution < 1.29 is 0 Å². The van der Waals surface area contributed by atoms with Crippen molar-refractivity contribution >= 4 is 28.9 Å². The van der Waals surface area contributed by atoms with E-state index in [1.165, 1.54) is 17.7 Å². The van der Waals surface area contributed by atoms with Crippen LogP contribution >= 0.6 is 22.9 Å². The minimum atomic E-state index is 0.856. The van der Waals surface area contributed by atoms with Gasteiger partial charge in [-0.3, -0.25) is 4.99 Å². The van der Waals surface area contributed by atoms with E-state index in [1.54, 1.807) is 11.3 Å². The Labute approximate surface area is 119 Å². The highest BCUT2D eigenvalue weighted by Crippen LogP contribution is 2.21. The lowest BCUT2D eigenvalue weighted by atomic mass is 10.3. The molecule has 0 saturated carbocycles. The molecule has 102 valence electrons. The van der Waals surface area contributed by atoms with E-state index >= 15 is 0 Å². The van der Waals surface area contributed by atoms with Gasteiger partial charge < -0.3 is 10.2 Å². The fraction of sp³-hybridized carbons (Fsp3) is 0.615. The lowest BCUT2D eigenvalue weighted by Gasteiger charge is -2.21. The van der Waals surface area contributed by atoms with Gasteiger partial charge in [-0.2, -0.15) is 0 Å². The highest BCUT2D eigenvalue weighted by atomic mass is 35.5. The molecule has 0 radical (unpaired) electrons. The molecule has 5 heteroatoms. The molecule has 0 fully saturated rings. The Morgan fingerprint density at radius 3 is 2.83 bits per heavy atom. The van der Waals surface area contributed by atoms with Gasteiger partial charge >= 0.3 is 0 Å². The van der Waals surface area contributed by atoms with Gasteiger partial charge in [0, 0.05) is 32.1 Å². The van der Waals surface area contributed by atoms with Crippen molar-refractivity contribution in [3.63, 3.8) is 0 Å². The number of halogens is 1. The number of rotatable bonds is 6. The number of nitrogens with one attached hydrogen (secondary N) is 1. The molecule has 1 aromatic rings. The second kappa shape index (κ2) is 8.38. The van der Waals surface area contributed by atoms with Gasteiger partial charge in [0.25, 0.3) is 0 Å². The number of nitrogens with zero attached hydrogens (tertiary/aromatic N) is 2. The van der Waals surface area contributed by atoms with Gasteiger partial charge in [0.15, 0.2) is 5.96 Å². The zero-order valence-electron chi connectivity index (χ0n) is 11.4. The molecule has 0 amide bonds. The standard InChI is InChI=1S/C13H22ClN3S/c1-4-5-10-17(3)13(15-2)16-9-8-11-6-7-12(14)18-11/h6-7H,4-5,8-10H2,1-3H3,(H,15,16). The summed E-state index contributed by atoms with van der Waals surface area (Å²) in [5.41, 5.74) is 0. The van der Waals surface area contributed by atoms with Crippen molar-refractivity contribution in [3.8, 4) is 0 Å².